The van der Waals surface area contributed by atoms with Gasteiger partial charge in [0.2, 0.25) is 0 Å². The molecule has 0 unspecified atom stereocenters. The molecule has 0 bridgehead atoms. The van der Waals surface area contributed by atoms with Crippen LogP contribution in [0.25, 0.3) is 0 Å². The van der Waals surface area contributed by atoms with Crippen molar-refractivity contribution in [2.45, 2.75) is 13.0 Å². The van der Waals surface area contributed by atoms with Crippen LogP contribution in [-0.2, 0) is 13.0 Å². The smallest absolute Gasteiger partial charge is 0.126 e. The Bertz CT molecular complexity index is 465. The maximum absolute atomic E-state index is 13.4. The molecule has 0 aliphatic carbocycles. The van der Waals surface area contributed by atoms with Crippen LogP contribution in [-0.4, -0.2) is 17.0 Å². The predicted molar refractivity (Wildman–Crippen MR) is 60.6 cm³/mol. The largest absolute Gasteiger partial charge is 0.345 e. The molecule has 0 amide bonds. The number of nitrogens with zero attached hydrogens (tertiary/aromatic N) is 1. The van der Waals surface area contributed by atoms with Gasteiger partial charge in [-0.2, -0.15) is 0 Å². The summed E-state index contributed by atoms with van der Waals surface area (Å²) in [6.07, 6.45) is 2.27. The van der Waals surface area contributed by atoms with Crippen LogP contribution in [0.15, 0.2) is 30.5 Å². The van der Waals surface area contributed by atoms with E-state index in [1.807, 2.05) is 13.1 Å². The molecule has 0 aliphatic rings. The molecule has 1 heterocycles. The second kappa shape index (κ2) is 4.90. The lowest BCUT2D eigenvalue weighted by Crippen LogP contribution is -2.05. The molecule has 3 nitrogen and oxygen atoms in total. The molecule has 4 heteroatoms. The van der Waals surface area contributed by atoms with E-state index in [9.17, 15) is 4.39 Å². The molecule has 2 rings (SSSR count). The lowest BCUT2D eigenvalue weighted by atomic mass is 10.1. The molecular weight excluding hydrogens is 205 g/mol. The van der Waals surface area contributed by atoms with E-state index in [1.54, 1.807) is 18.3 Å². The van der Waals surface area contributed by atoms with Crippen molar-refractivity contribution in [2.24, 2.45) is 0 Å². The lowest BCUT2D eigenvalue weighted by molar-refractivity contribution is 0.612. The van der Waals surface area contributed by atoms with Crippen molar-refractivity contribution < 1.29 is 4.39 Å². The fourth-order valence-electron chi connectivity index (χ4n) is 1.60. The Hall–Kier alpha value is -1.68. The molecular formula is C12H14FN3. The summed E-state index contributed by atoms with van der Waals surface area (Å²) in [5, 5.41) is 3.03. The maximum Gasteiger partial charge on any atom is 0.126 e. The number of imidazole rings is 1. The number of H-pyrrole nitrogens is 1. The van der Waals surface area contributed by atoms with Gasteiger partial charge in [0.15, 0.2) is 0 Å². The highest BCUT2D eigenvalue weighted by Gasteiger charge is 2.05. The molecule has 16 heavy (non-hydrogen) atoms. The molecule has 84 valence electrons. The second-order valence-electron chi connectivity index (χ2n) is 3.65. The van der Waals surface area contributed by atoms with Crippen molar-refractivity contribution in [3.8, 4) is 0 Å². The van der Waals surface area contributed by atoms with E-state index >= 15 is 0 Å². The van der Waals surface area contributed by atoms with E-state index < -0.39 is 0 Å². The number of aromatic nitrogens is 2. The summed E-state index contributed by atoms with van der Waals surface area (Å²) in [5.41, 5.74) is 1.67. The van der Waals surface area contributed by atoms with Gasteiger partial charge in [0.25, 0.3) is 0 Å². The minimum Gasteiger partial charge on any atom is -0.345 e. The zero-order valence-corrected chi connectivity index (χ0v) is 9.13. The highest BCUT2D eigenvalue weighted by molar-refractivity contribution is 5.21. The summed E-state index contributed by atoms with van der Waals surface area (Å²) in [6.45, 7) is 0.740. The van der Waals surface area contributed by atoms with E-state index in [1.165, 1.54) is 6.07 Å². The highest BCUT2D eigenvalue weighted by atomic mass is 19.1. The molecule has 0 radical (unpaired) electrons. The predicted octanol–water partition coefficient (Wildman–Crippen LogP) is 1.86. The average Bonchev–Trinajstić information content (AvgIpc) is 2.70. The fourth-order valence-corrected chi connectivity index (χ4v) is 1.60. The summed E-state index contributed by atoms with van der Waals surface area (Å²) in [5.74, 6) is 0.601. The summed E-state index contributed by atoms with van der Waals surface area (Å²) in [6, 6.07) is 6.76. The van der Waals surface area contributed by atoms with Crippen LogP contribution < -0.4 is 5.32 Å². The van der Waals surface area contributed by atoms with Crippen molar-refractivity contribution in [3.63, 3.8) is 0 Å². The van der Waals surface area contributed by atoms with Gasteiger partial charge in [0, 0.05) is 24.9 Å². The Balaban J connectivity index is 2.11. The standard InChI is InChI=1S/C12H14FN3/c1-14-7-10-8-15-12(16-10)6-9-4-2-3-5-11(9)13/h2-5,8,14H,6-7H2,1H3,(H,15,16). The molecule has 1 aromatic heterocycles. The molecule has 0 spiro atoms. The molecule has 0 saturated heterocycles. The zero-order valence-electron chi connectivity index (χ0n) is 9.13. The number of halogens is 1. The summed E-state index contributed by atoms with van der Waals surface area (Å²) in [4.78, 5) is 7.36. The summed E-state index contributed by atoms with van der Waals surface area (Å²) < 4.78 is 13.4. The lowest BCUT2D eigenvalue weighted by Gasteiger charge is -2.00. The first-order valence-corrected chi connectivity index (χ1v) is 5.20. The first-order valence-electron chi connectivity index (χ1n) is 5.20. The van der Waals surface area contributed by atoms with Gasteiger partial charge in [-0.3, -0.25) is 0 Å². The van der Waals surface area contributed by atoms with Gasteiger partial charge >= 0.3 is 0 Å². The number of benzene rings is 1. The molecule has 2 aromatic rings. The van der Waals surface area contributed by atoms with Crippen LogP contribution in [0.4, 0.5) is 4.39 Å². The molecule has 0 saturated carbocycles. The number of rotatable bonds is 4. The fraction of sp³-hybridized carbons (Fsp3) is 0.250. The van der Waals surface area contributed by atoms with E-state index in [2.05, 4.69) is 15.3 Å². The number of hydrogen-bond donors (Lipinski definition) is 2. The molecule has 0 atom stereocenters. The first kappa shape index (κ1) is 10.8. The monoisotopic (exact) mass is 219 g/mol. The van der Waals surface area contributed by atoms with Crippen LogP contribution in [0, 0.1) is 5.82 Å². The normalized spacial score (nSPS) is 10.6. The summed E-state index contributed by atoms with van der Waals surface area (Å²) in [7, 11) is 1.87. The van der Waals surface area contributed by atoms with Crippen molar-refractivity contribution in [1.82, 2.24) is 15.3 Å². The van der Waals surface area contributed by atoms with E-state index in [0.717, 1.165) is 18.1 Å². The van der Waals surface area contributed by atoms with Crippen LogP contribution in [0.3, 0.4) is 0 Å². The van der Waals surface area contributed by atoms with E-state index in [0.29, 0.717) is 12.0 Å². The van der Waals surface area contributed by atoms with E-state index in [4.69, 9.17) is 0 Å². The Labute approximate surface area is 93.7 Å². The van der Waals surface area contributed by atoms with Crippen LogP contribution in [0.2, 0.25) is 0 Å². The van der Waals surface area contributed by atoms with Crippen molar-refractivity contribution in [1.29, 1.82) is 0 Å². The minimum atomic E-state index is -0.186. The maximum atomic E-state index is 13.4. The Kier molecular flexibility index (Phi) is 3.31. The molecule has 0 fully saturated rings. The average molecular weight is 219 g/mol. The van der Waals surface area contributed by atoms with Crippen molar-refractivity contribution in [3.05, 3.63) is 53.4 Å². The third kappa shape index (κ3) is 2.46. The van der Waals surface area contributed by atoms with Gasteiger partial charge in [-0.25, -0.2) is 9.37 Å². The number of hydrogen-bond acceptors (Lipinski definition) is 2. The van der Waals surface area contributed by atoms with E-state index in [-0.39, 0.29) is 5.82 Å². The Morgan fingerprint density at radius 2 is 2.19 bits per heavy atom. The van der Waals surface area contributed by atoms with Crippen molar-refractivity contribution in [2.75, 3.05) is 7.05 Å². The molecule has 2 N–H and O–H groups in total. The SMILES string of the molecule is CNCc1cnc(Cc2ccccc2F)[nH]1. The highest BCUT2D eigenvalue weighted by Crippen LogP contribution is 2.10. The van der Waals surface area contributed by atoms with Crippen molar-refractivity contribution >= 4 is 0 Å². The number of aromatic amines is 1. The third-order valence-electron chi connectivity index (χ3n) is 2.36. The topological polar surface area (TPSA) is 40.7 Å². The first-order chi connectivity index (χ1) is 7.79. The van der Waals surface area contributed by atoms with Gasteiger partial charge in [-0.15, -0.1) is 0 Å². The summed E-state index contributed by atoms with van der Waals surface area (Å²) >= 11 is 0. The number of nitrogens with one attached hydrogen (secondary N) is 2. The van der Waals surface area contributed by atoms with Crippen LogP contribution >= 0.6 is 0 Å². The molecule has 1 aromatic carbocycles. The third-order valence-corrected chi connectivity index (χ3v) is 2.36. The van der Waals surface area contributed by atoms with Gasteiger partial charge in [-0.1, -0.05) is 18.2 Å². The van der Waals surface area contributed by atoms with Crippen LogP contribution in [0.1, 0.15) is 17.1 Å². The molecule has 0 aliphatic heterocycles. The van der Waals surface area contributed by atoms with Crippen LogP contribution in [0.5, 0.6) is 0 Å². The van der Waals surface area contributed by atoms with Gasteiger partial charge in [0.05, 0.1) is 0 Å². The zero-order chi connectivity index (χ0) is 11.4. The van der Waals surface area contributed by atoms with Gasteiger partial charge in [-0.05, 0) is 18.7 Å². The second-order valence-corrected chi connectivity index (χ2v) is 3.65. The van der Waals surface area contributed by atoms with Gasteiger partial charge < -0.3 is 10.3 Å². The van der Waals surface area contributed by atoms with Gasteiger partial charge in [0.1, 0.15) is 11.6 Å². The quantitative estimate of drug-likeness (QED) is 0.824. The Morgan fingerprint density at radius 3 is 2.94 bits per heavy atom. The Morgan fingerprint density at radius 1 is 1.38 bits per heavy atom. The minimum absolute atomic E-state index is 0.186.